The van der Waals surface area contributed by atoms with E-state index in [1.165, 1.54) is 6.20 Å². The van der Waals surface area contributed by atoms with Gasteiger partial charge in [0.25, 0.3) is 0 Å². The normalized spacial score (nSPS) is 20.4. The van der Waals surface area contributed by atoms with Gasteiger partial charge in [0.2, 0.25) is 0 Å². The quantitative estimate of drug-likeness (QED) is 0.847. The molecule has 0 bridgehead atoms. The SMILES string of the molecule is [NH3+][C@@H]1CCN(c2c(F)cc3c(=O)c(C(=O)[O-])cn(C4CC4)c3c2Cl)C1. The van der Waals surface area contributed by atoms with Crippen molar-refractivity contribution in [2.75, 3.05) is 18.0 Å². The summed E-state index contributed by atoms with van der Waals surface area (Å²) in [6.07, 6.45) is 3.84. The molecule has 0 spiro atoms. The standard InChI is InChI=1S/C17H17ClFN3O3/c18-13-14-10(5-12(19)15(13)21-4-3-8(20)6-21)16(23)11(17(24)25)7-22(14)9-1-2-9/h5,7-9H,1-4,6,20H2,(H,24,25)/t8-/m1/s1. The van der Waals surface area contributed by atoms with Crippen molar-refractivity contribution >= 4 is 34.2 Å². The topological polar surface area (TPSA) is 93.0 Å². The highest BCUT2D eigenvalue weighted by Gasteiger charge is 2.31. The number of halogens is 2. The smallest absolute Gasteiger partial charge is 0.198 e. The highest BCUT2D eigenvalue weighted by molar-refractivity contribution is 6.38. The average molecular weight is 366 g/mol. The number of carbonyl (C=O) groups excluding carboxylic acids is 1. The number of aromatic carboxylic acids is 1. The first-order valence-electron chi connectivity index (χ1n) is 8.24. The van der Waals surface area contributed by atoms with Crippen LogP contribution in [0.3, 0.4) is 0 Å². The van der Waals surface area contributed by atoms with Gasteiger partial charge in [-0.25, -0.2) is 4.39 Å². The second-order valence-corrected chi connectivity index (χ2v) is 7.19. The van der Waals surface area contributed by atoms with Crippen LogP contribution >= 0.6 is 11.6 Å². The molecule has 1 aliphatic carbocycles. The Kier molecular flexibility index (Phi) is 3.73. The van der Waals surface area contributed by atoms with Gasteiger partial charge in [0.1, 0.15) is 11.9 Å². The zero-order valence-electron chi connectivity index (χ0n) is 13.4. The third kappa shape index (κ3) is 2.58. The van der Waals surface area contributed by atoms with Crippen LogP contribution in [0.4, 0.5) is 10.1 Å². The number of rotatable bonds is 3. The Morgan fingerprint density at radius 3 is 2.64 bits per heavy atom. The summed E-state index contributed by atoms with van der Waals surface area (Å²) in [4.78, 5) is 25.6. The van der Waals surface area contributed by atoms with Crippen molar-refractivity contribution in [3.05, 3.63) is 38.9 Å². The molecule has 2 aliphatic rings. The van der Waals surface area contributed by atoms with Crippen molar-refractivity contribution in [1.29, 1.82) is 0 Å². The average Bonchev–Trinajstić information content (AvgIpc) is 3.30. The highest BCUT2D eigenvalue weighted by atomic mass is 35.5. The largest absolute Gasteiger partial charge is 0.545 e. The van der Waals surface area contributed by atoms with Crippen LogP contribution in [0.25, 0.3) is 10.9 Å². The van der Waals surface area contributed by atoms with Gasteiger partial charge >= 0.3 is 0 Å². The maximum atomic E-state index is 14.8. The summed E-state index contributed by atoms with van der Waals surface area (Å²) in [5, 5.41) is 11.4. The van der Waals surface area contributed by atoms with Crippen LogP contribution in [0.15, 0.2) is 17.1 Å². The first-order valence-corrected chi connectivity index (χ1v) is 8.62. The van der Waals surface area contributed by atoms with Crippen LogP contribution in [-0.4, -0.2) is 29.7 Å². The van der Waals surface area contributed by atoms with E-state index in [0.717, 1.165) is 25.3 Å². The molecule has 0 radical (unpaired) electrons. The predicted molar refractivity (Wildman–Crippen MR) is 89.3 cm³/mol. The number of anilines is 1. The van der Waals surface area contributed by atoms with Gasteiger partial charge in [-0.15, -0.1) is 0 Å². The molecule has 8 heteroatoms. The number of carbonyl (C=O) groups is 1. The van der Waals surface area contributed by atoms with Crippen LogP contribution in [0.1, 0.15) is 35.7 Å². The molecule has 132 valence electrons. The molecule has 4 rings (SSSR count). The summed E-state index contributed by atoms with van der Waals surface area (Å²) >= 11 is 6.53. The van der Waals surface area contributed by atoms with Crippen molar-refractivity contribution in [1.82, 2.24) is 4.57 Å². The van der Waals surface area contributed by atoms with Gasteiger partial charge in [-0.3, -0.25) is 4.79 Å². The Labute approximate surface area is 147 Å². The van der Waals surface area contributed by atoms with Crippen molar-refractivity contribution in [2.24, 2.45) is 0 Å². The molecule has 2 heterocycles. The zero-order chi connectivity index (χ0) is 17.9. The monoisotopic (exact) mass is 365 g/mol. The third-order valence-corrected chi connectivity index (χ3v) is 5.30. The molecular formula is C17H17ClFN3O3. The van der Waals surface area contributed by atoms with Crippen molar-refractivity contribution in [2.45, 2.75) is 31.3 Å². The van der Waals surface area contributed by atoms with Crippen LogP contribution in [0.5, 0.6) is 0 Å². The molecule has 1 saturated carbocycles. The number of hydrogen-bond donors (Lipinski definition) is 1. The number of aromatic nitrogens is 1. The third-order valence-electron chi connectivity index (χ3n) is 4.95. The molecule has 0 unspecified atom stereocenters. The number of benzene rings is 1. The molecule has 1 aliphatic heterocycles. The molecule has 1 atom stereocenters. The lowest BCUT2D eigenvalue weighted by molar-refractivity contribution is -0.412. The summed E-state index contributed by atoms with van der Waals surface area (Å²) in [6, 6.07) is 1.36. The molecule has 25 heavy (non-hydrogen) atoms. The minimum atomic E-state index is -1.57. The minimum Gasteiger partial charge on any atom is -0.545 e. The summed E-state index contributed by atoms with van der Waals surface area (Å²) in [5.74, 6) is -2.19. The molecule has 1 aromatic heterocycles. The van der Waals surface area contributed by atoms with E-state index in [0.29, 0.717) is 18.6 Å². The van der Waals surface area contributed by atoms with Crippen molar-refractivity contribution in [3.8, 4) is 0 Å². The summed E-state index contributed by atoms with van der Waals surface area (Å²) < 4.78 is 16.4. The highest BCUT2D eigenvalue weighted by Crippen LogP contribution is 2.42. The Morgan fingerprint density at radius 2 is 2.08 bits per heavy atom. The van der Waals surface area contributed by atoms with Gasteiger partial charge in [0, 0.05) is 25.2 Å². The van der Waals surface area contributed by atoms with E-state index < -0.39 is 22.8 Å². The zero-order valence-corrected chi connectivity index (χ0v) is 14.2. The number of carboxylic acid groups (broad SMARTS) is 1. The molecule has 2 aromatic rings. The lowest BCUT2D eigenvalue weighted by Gasteiger charge is -2.22. The second kappa shape index (κ2) is 5.71. The molecule has 3 N–H and O–H groups in total. The Morgan fingerprint density at radius 1 is 1.36 bits per heavy atom. The van der Waals surface area contributed by atoms with Gasteiger partial charge in [0.05, 0.1) is 39.7 Å². The Balaban J connectivity index is 2.03. The number of nitrogens with zero attached hydrogens (tertiary/aromatic N) is 2. The Bertz CT molecular complexity index is 955. The van der Waals surface area contributed by atoms with E-state index >= 15 is 0 Å². The van der Waals surface area contributed by atoms with Crippen LogP contribution in [0, 0.1) is 5.82 Å². The fourth-order valence-electron chi connectivity index (χ4n) is 3.54. The number of quaternary nitrogens is 1. The van der Waals surface area contributed by atoms with E-state index in [1.54, 1.807) is 4.57 Å². The number of pyridine rings is 1. The number of fused-ring (bicyclic) bond motifs is 1. The van der Waals surface area contributed by atoms with Crippen molar-refractivity contribution in [3.63, 3.8) is 0 Å². The van der Waals surface area contributed by atoms with E-state index in [1.807, 2.05) is 4.90 Å². The minimum absolute atomic E-state index is 0.0229. The maximum absolute atomic E-state index is 14.8. The summed E-state index contributed by atoms with van der Waals surface area (Å²) in [5.41, 5.74) is 3.41. The molecular weight excluding hydrogens is 349 g/mol. The first-order chi connectivity index (χ1) is 11.9. The van der Waals surface area contributed by atoms with Crippen molar-refractivity contribution < 1.29 is 20.0 Å². The van der Waals surface area contributed by atoms with Crippen LogP contribution in [0.2, 0.25) is 5.02 Å². The fourth-order valence-corrected chi connectivity index (χ4v) is 3.95. The van der Waals surface area contributed by atoms with Gasteiger partial charge in [-0.1, -0.05) is 11.6 Å². The molecule has 1 saturated heterocycles. The summed E-state index contributed by atoms with van der Waals surface area (Å²) in [7, 11) is 0. The lowest BCUT2D eigenvalue weighted by atomic mass is 10.1. The number of carboxylic acids is 1. The first kappa shape index (κ1) is 16.4. The Hall–Kier alpha value is -2.12. The molecule has 0 amide bonds. The van der Waals surface area contributed by atoms with E-state index in [9.17, 15) is 19.1 Å². The summed E-state index contributed by atoms with van der Waals surface area (Å²) in [6.45, 7) is 1.23. The van der Waals surface area contributed by atoms with Gasteiger partial charge in [0.15, 0.2) is 5.43 Å². The second-order valence-electron chi connectivity index (χ2n) is 6.82. The molecule has 2 fully saturated rings. The molecule has 1 aromatic carbocycles. The van der Waals surface area contributed by atoms with Gasteiger partial charge in [-0.2, -0.15) is 0 Å². The van der Waals surface area contributed by atoms with E-state index in [-0.39, 0.29) is 28.2 Å². The van der Waals surface area contributed by atoms with Gasteiger partial charge in [-0.05, 0) is 18.9 Å². The number of hydrogen-bond acceptors (Lipinski definition) is 4. The van der Waals surface area contributed by atoms with Crippen LogP contribution in [-0.2, 0) is 0 Å². The van der Waals surface area contributed by atoms with Gasteiger partial charge < -0.3 is 25.1 Å². The van der Waals surface area contributed by atoms with E-state index in [4.69, 9.17) is 11.6 Å². The maximum Gasteiger partial charge on any atom is 0.198 e. The fraction of sp³-hybridized carbons (Fsp3) is 0.412. The lowest BCUT2D eigenvalue weighted by Crippen LogP contribution is -2.61. The predicted octanol–water partition coefficient (Wildman–Crippen LogP) is 0.313. The molecule has 6 nitrogen and oxygen atoms in total. The van der Waals surface area contributed by atoms with E-state index in [2.05, 4.69) is 5.73 Å². The van der Waals surface area contributed by atoms with Crippen LogP contribution < -0.4 is 21.2 Å².